The molecule has 3 aromatic heterocycles. The third-order valence-corrected chi connectivity index (χ3v) is 6.09. The van der Waals surface area contributed by atoms with Gasteiger partial charge in [0.1, 0.15) is 5.69 Å². The van der Waals surface area contributed by atoms with Crippen LogP contribution in [0.15, 0.2) is 30.6 Å². The van der Waals surface area contributed by atoms with Gasteiger partial charge in [-0.3, -0.25) is 14.5 Å². The number of rotatable bonds is 4. The molecule has 0 spiro atoms. The number of alkyl halides is 3. The molecule has 2 aliphatic rings. The summed E-state index contributed by atoms with van der Waals surface area (Å²) in [6.07, 6.45) is 4.73. The van der Waals surface area contributed by atoms with Crippen molar-refractivity contribution in [3.05, 3.63) is 58.9 Å². The van der Waals surface area contributed by atoms with Gasteiger partial charge in [0.25, 0.3) is 5.91 Å². The van der Waals surface area contributed by atoms with Crippen molar-refractivity contribution in [2.24, 2.45) is 7.05 Å². The fraction of sp³-hybridized carbons (Fsp3) is 0.455. The zero-order valence-electron chi connectivity index (χ0n) is 17.6. The van der Waals surface area contributed by atoms with Gasteiger partial charge >= 0.3 is 6.18 Å². The summed E-state index contributed by atoms with van der Waals surface area (Å²) in [5.74, 6) is -0.0584. The molecule has 0 unspecified atom stereocenters. The smallest absolute Gasteiger partial charge is 0.344 e. The van der Waals surface area contributed by atoms with E-state index in [0.29, 0.717) is 12.3 Å². The number of amides is 1. The van der Waals surface area contributed by atoms with Crippen LogP contribution in [0, 0.1) is 0 Å². The predicted molar refractivity (Wildman–Crippen MR) is 109 cm³/mol. The molecule has 1 fully saturated rings. The zero-order chi connectivity index (χ0) is 22.5. The van der Waals surface area contributed by atoms with Gasteiger partial charge in [-0.25, -0.2) is 4.68 Å². The van der Waals surface area contributed by atoms with Crippen molar-refractivity contribution >= 4 is 5.91 Å². The molecule has 3 heterocycles. The summed E-state index contributed by atoms with van der Waals surface area (Å²) in [4.78, 5) is 17.3. The first-order chi connectivity index (χ1) is 15.3. The molecule has 0 saturated heterocycles. The molecule has 0 aromatic carbocycles. The minimum Gasteiger partial charge on any atom is -0.344 e. The van der Waals surface area contributed by atoms with Crippen LogP contribution >= 0.6 is 0 Å². The maximum absolute atomic E-state index is 13.0. The van der Waals surface area contributed by atoms with Crippen LogP contribution in [0.2, 0.25) is 0 Å². The van der Waals surface area contributed by atoms with Gasteiger partial charge < -0.3 is 5.32 Å². The molecule has 3 aromatic rings. The van der Waals surface area contributed by atoms with E-state index in [1.165, 1.54) is 7.05 Å². The van der Waals surface area contributed by atoms with Crippen molar-refractivity contribution < 1.29 is 18.0 Å². The van der Waals surface area contributed by atoms with Gasteiger partial charge in [-0.2, -0.15) is 23.4 Å². The maximum atomic E-state index is 13.0. The second-order valence-electron chi connectivity index (χ2n) is 8.50. The van der Waals surface area contributed by atoms with E-state index in [-0.39, 0.29) is 11.7 Å². The molecule has 1 N–H and O–H groups in total. The number of hydrogen-bond donors (Lipinski definition) is 1. The van der Waals surface area contributed by atoms with Crippen molar-refractivity contribution in [1.82, 2.24) is 29.9 Å². The molecule has 5 rings (SSSR count). The van der Waals surface area contributed by atoms with E-state index in [9.17, 15) is 18.0 Å². The molecule has 1 atom stereocenters. The third kappa shape index (κ3) is 4.01. The van der Waals surface area contributed by atoms with Gasteiger partial charge in [-0.1, -0.05) is 6.42 Å². The molecule has 7 nitrogen and oxygen atoms in total. The van der Waals surface area contributed by atoms with Gasteiger partial charge in [0.15, 0.2) is 5.69 Å². The molecule has 32 heavy (non-hydrogen) atoms. The lowest BCUT2D eigenvalue weighted by Crippen LogP contribution is -2.30. The van der Waals surface area contributed by atoms with Crippen LogP contribution < -0.4 is 5.32 Å². The van der Waals surface area contributed by atoms with E-state index in [1.807, 2.05) is 23.0 Å². The molecule has 2 aliphatic carbocycles. The van der Waals surface area contributed by atoms with Crippen LogP contribution in [0.25, 0.3) is 5.69 Å². The Morgan fingerprint density at radius 3 is 2.69 bits per heavy atom. The number of aromatic nitrogens is 5. The van der Waals surface area contributed by atoms with Crippen LogP contribution in [-0.2, 0) is 19.6 Å². The first-order valence-corrected chi connectivity index (χ1v) is 10.8. The zero-order valence-corrected chi connectivity index (χ0v) is 17.6. The first kappa shape index (κ1) is 20.7. The average Bonchev–Trinajstić information content (AvgIpc) is 3.44. The van der Waals surface area contributed by atoms with Gasteiger partial charge in [0.2, 0.25) is 0 Å². The summed E-state index contributed by atoms with van der Waals surface area (Å²) < 4.78 is 41.7. The number of hydrogen-bond acceptors (Lipinski definition) is 4. The number of pyridine rings is 1. The Morgan fingerprint density at radius 1 is 1.16 bits per heavy atom. The number of carbonyl (C=O) groups excluding carboxylic acids is 1. The summed E-state index contributed by atoms with van der Waals surface area (Å²) in [5.41, 5.74) is 2.58. The fourth-order valence-electron chi connectivity index (χ4n) is 4.22. The fourth-order valence-corrected chi connectivity index (χ4v) is 4.22. The topological polar surface area (TPSA) is 77.6 Å². The molecule has 10 heteroatoms. The largest absolute Gasteiger partial charge is 0.435 e. The number of aryl methyl sites for hydroxylation is 2. The second-order valence-corrected chi connectivity index (χ2v) is 8.50. The Bertz CT molecular complexity index is 1160. The highest BCUT2D eigenvalue weighted by molar-refractivity contribution is 5.93. The first-order valence-electron chi connectivity index (χ1n) is 10.8. The van der Waals surface area contributed by atoms with Crippen molar-refractivity contribution in [3.63, 3.8) is 0 Å². The van der Waals surface area contributed by atoms with Crippen LogP contribution in [-0.4, -0.2) is 30.5 Å². The standard InChI is InChI=1S/C22H23F3N6O/c1-30-19(11-20(29-30)22(23,24)25)21(32)27-16-4-2-3-5-17-15(16)12-31(28-17)14-8-9-26-18(10-14)13-6-7-13/h8-13,16H,2-7H2,1H3,(H,27,32)/t16-/m1/s1. The van der Waals surface area contributed by atoms with E-state index in [0.717, 1.165) is 65.5 Å². The van der Waals surface area contributed by atoms with Crippen molar-refractivity contribution in [2.75, 3.05) is 0 Å². The number of fused-ring (bicyclic) bond motifs is 1. The lowest BCUT2D eigenvalue weighted by molar-refractivity contribution is -0.141. The highest BCUT2D eigenvalue weighted by Crippen LogP contribution is 2.39. The Morgan fingerprint density at radius 2 is 1.97 bits per heavy atom. The van der Waals surface area contributed by atoms with E-state index in [4.69, 9.17) is 5.10 Å². The Balaban J connectivity index is 1.41. The molecule has 1 amide bonds. The molecule has 0 aliphatic heterocycles. The lowest BCUT2D eigenvalue weighted by Gasteiger charge is -2.16. The van der Waals surface area contributed by atoms with Crippen molar-refractivity contribution in [2.45, 2.75) is 56.7 Å². The number of halogens is 3. The normalized spacial score (nSPS) is 18.8. The van der Waals surface area contributed by atoms with E-state index in [1.54, 1.807) is 6.20 Å². The number of nitrogens with one attached hydrogen (secondary N) is 1. The summed E-state index contributed by atoms with van der Waals surface area (Å²) in [6, 6.07) is 4.40. The molecule has 168 valence electrons. The lowest BCUT2D eigenvalue weighted by atomic mass is 10.1. The van der Waals surface area contributed by atoms with Gasteiger partial charge in [-0.15, -0.1) is 0 Å². The molecule has 0 radical (unpaired) electrons. The van der Waals surface area contributed by atoms with Crippen LogP contribution in [0.4, 0.5) is 13.2 Å². The summed E-state index contributed by atoms with van der Waals surface area (Å²) in [5, 5.41) is 11.1. The predicted octanol–water partition coefficient (Wildman–Crippen LogP) is 4.09. The monoisotopic (exact) mass is 444 g/mol. The molecule has 0 bridgehead atoms. The molecular formula is C22H23F3N6O. The molecule has 1 saturated carbocycles. The van der Waals surface area contributed by atoms with Crippen molar-refractivity contribution in [1.29, 1.82) is 0 Å². The Hall–Kier alpha value is -3.17. The van der Waals surface area contributed by atoms with Crippen LogP contribution in [0.5, 0.6) is 0 Å². The van der Waals surface area contributed by atoms with Gasteiger partial charge in [0, 0.05) is 42.7 Å². The van der Waals surface area contributed by atoms with E-state index < -0.39 is 17.8 Å². The van der Waals surface area contributed by atoms with Crippen molar-refractivity contribution in [3.8, 4) is 5.69 Å². The number of carbonyl (C=O) groups is 1. The number of nitrogens with zero attached hydrogens (tertiary/aromatic N) is 5. The highest BCUT2D eigenvalue weighted by Gasteiger charge is 2.36. The molecular weight excluding hydrogens is 421 g/mol. The summed E-state index contributed by atoms with van der Waals surface area (Å²) in [7, 11) is 1.33. The van der Waals surface area contributed by atoms with Gasteiger partial charge in [-0.05, 0) is 44.2 Å². The van der Waals surface area contributed by atoms with E-state index >= 15 is 0 Å². The average molecular weight is 444 g/mol. The van der Waals surface area contributed by atoms with E-state index in [2.05, 4.69) is 15.4 Å². The second kappa shape index (κ2) is 7.75. The SMILES string of the molecule is Cn1nc(C(F)(F)F)cc1C(=O)N[C@@H]1CCCCc2nn(-c3ccnc(C4CC4)c3)cc21. The maximum Gasteiger partial charge on any atom is 0.435 e. The minimum absolute atomic E-state index is 0.126. The summed E-state index contributed by atoms with van der Waals surface area (Å²) >= 11 is 0. The minimum atomic E-state index is -4.60. The Kier molecular flexibility index (Phi) is 5.02. The van der Waals surface area contributed by atoms with Gasteiger partial charge in [0.05, 0.1) is 17.4 Å². The third-order valence-electron chi connectivity index (χ3n) is 6.09. The Labute approximate surface area is 182 Å². The summed E-state index contributed by atoms with van der Waals surface area (Å²) in [6.45, 7) is 0. The van der Waals surface area contributed by atoms with Crippen LogP contribution in [0.1, 0.15) is 77.2 Å². The van der Waals surface area contributed by atoms with Crippen LogP contribution in [0.3, 0.4) is 0 Å². The quantitative estimate of drug-likeness (QED) is 0.615. The highest BCUT2D eigenvalue weighted by atomic mass is 19.4.